The summed E-state index contributed by atoms with van der Waals surface area (Å²) in [5, 5.41) is 0. The van der Waals surface area contributed by atoms with Crippen LogP contribution < -0.4 is 0 Å². The van der Waals surface area contributed by atoms with Gasteiger partial charge in [-0.2, -0.15) is 0 Å². The standard InChI is InChI=1S/C51H90O6/c1-4-7-10-13-16-19-21-23-24-25-26-27-28-30-32-35-38-41-44-50(53)56-47-48(46-55-49(52)43-40-37-34-31-18-15-12-9-6-3)57-51(54)45-42-39-36-33-29-22-20-17-14-11-8-5-2/h21,23-27,31,34,48H,4-20,22,28-30,32-33,35-47H2,1-3H3/b23-21-,25-24-,27-26-,34-31-. The zero-order chi connectivity index (χ0) is 41.5. The quantitative estimate of drug-likeness (QED) is 0.0201. The second-order valence-electron chi connectivity index (χ2n) is 16.1. The van der Waals surface area contributed by atoms with Crippen LogP contribution in [0.3, 0.4) is 0 Å². The highest BCUT2D eigenvalue weighted by Crippen LogP contribution is 2.14. The van der Waals surface area contributed by atoms with Gasteiger partial charge in [0.2, 0.25) is 0 Å². The van der Waals surface area contributed by atoms with Gasteiger partial charge in [0.15, 0.2) is 6.10 Å². The molecule has 0 rings (SSSR count). The van der Waals surface area contributed by atoms with E-state index < -0.39 is 6.10 Å². The predicted octanol–water partition coefficient (Wildman–Crippen LogP) is 15.5. The number of esters is 3. The Hall–Kier alpha value is -2.63. The molecule has 0 aromatic rings. The van der Waals surface area contributed by atoms with Gasteiger partial charge in [-0.15, -0.1) is 0 Å². The first kappa shape index (κ1) is 54.4. The molecule has 0 N–H and O–H groups in total. The Balaban J connectivity index is 4.37. The van der Waals surface area contributed by atoms with Crippen LogP contribution in [0.1, 0.15) is 239 Å². The molecule has 0 saturated carbocycles. The lowest BCUT2D eigenvalue weighted by molar-refractivity contribution is -0.167. The van der Waals surface area contributed by atoms with E-state index in [4.69, 9.17) is 14.2 Å². The molecule has 1 unspecified atom stereocenters. The zero-order valence-electron chi connectivity index (χ0n) is 37.6. The monoisotopic (exact) mass is 799 g/mol. The third kappa shape index (κ3) is 44.3. The first-order valence-electron chi connectivity index (χ1n) is 24.2. The number of carbonyl (C=O) groups is 3. The molecule has 0 heterocycles. The van der Waals surface area contributed by atoms with Crippen molar-refractivity contribution in [3.63, 3.8) is 0 Å². The van der Waals surface area contributed by atoms with Crippen molar-refractivity contribution in [3.8, 4) is 0 Å². The molecule has 330 valence electrons. The molecule has 0 aromatic carbocycles. The van der Waals surface area contributed by atoms with Crippen LogP contribution in [0.4, 0.5) is 0 Å². The first-order valence-corrected chi connectivity index (χ1v) is 24.2. The van der Waals surface area contributed by atoms with E-state index in [-0.39, 0.29) is 31.1 Å². The van der Waals surface area contributed by atoms with Crippen LogP contribution in [0.2, 0.25) is 0 Å². The van der Waals surface area contributed by atoms with Gasteiger partial charge in [0, 0.05) is 19.3 Å². The van der Waals surface area contributed by atoms with Crippen molar-refractivity contribution in [2.45, 2.75) is 245 Å². The van der Waals surface area contributed by atoms with Gasteiger partial charge in [0.25, 0.3) is 0 Å². The van der Waals surface area contributed by atoms with Crippen LogP contribution in [0.5, 0.6) is 0 Å². The van der Waals surface area contributed by atoms with Gasteiger partial charge in [0.05, 0.1) is 0 Å². The molecule has 0 saturated heterocycles. The van der Waals surface area contributed by atoms with E-state index in [1.165, 1.54) is 122 Å². The summed E-state index contributed by atoms with van der Waals surface area (Å²) in [5.74, 6) is -0.942. The van der Waals surface area contributed by atoms with E-state index in [9.17, 15) is 14.4 Å². The van der Waals surface area contributed by atoms with Crippen LogP contribution in [0.25, 0.3) is 0 Å². The molecule has 1 atom stereocenters. The molecule has 0 aromatic heterocycles. The molecular formula is C51H90O6. The number of allylic oxidation sites excluding steroid dienone is 8. The average molecular weight is 799 g/mol. The number of hydrogen-bond donors (Lipinski definition) is 0. The molecule has 0 fully saturated rings. The first-order chi connectivity index (χ1) is 28.0. The summed E-state index contributed by atoms with van der Waals surface area (Å²) in [7, 11) is 0. The SMILES string of the molecule is CCCCCC/C=C\CCCC(=O)OCC(COC(=O)CCCCCCC\C=C/C=C\C=C/CCCCCCC)OC(=O)CCCCCCCCCCCCCC. The maximum Gasteiger partial charge on any atom is 0.306 e. The van der Waals surface area contributed by atoms with Crippen LogP contribution >= 0.6 is 0 Å². The van der Waals surface area contributed by atoms with E-state index in [2.05, 4.69) is 69.4 Å². The van der Waals surface area contributed by atoms with E-state index in [1.54, 1.807) is 0 Å². The molecule has 0 bridgehead atoms. The molecule has 6 heteroatoms. The largest absolute Gasteiger partial charge is 0.462 e. The van der Waals surface area contributed by atoms with Crippen LogP contribution in [0, 0.1) is 0 Å². The van der Waals surface area contributed by atoms with Gasteiger partial charge >= 0.3 is 17.9 Å². The Morgan fingerprint density at radius 2 is 0.667 bits per heavy atom. The summed E-state index contributed by atoms with van der Waals surface area (Å²) in [6.45, 7) is 6.54. The Labute approximate surface area is 352 Å². The summed E-state index contributed by atoms with van der Waals surface area (Å²) in [6, 6.07) is 0. The van der Waals surface area contributed by atoms with Gasteiger partial charge in [0.1, 0.15) is 13.2 Å². The van der Waals surface area contributed by atoms with Crippen LogP contribution in [-0.4, -0.2) is 37.2 Å². The van der Waals surface area contributed by atoms with Gasteiger partial charge in [-0.3, -0.25) is 14.4 Å². The number of hydrogen-bond acceptors (Lipinski definition) is 6. The van der Waals surface area contributed by atoms with Crippen molar-refractivity contribution in [1.82, 2.24) is 0 Å². The Kier molecular flexibility index (Phi) is 43.9. The van der Waals surface area contributed by atoms with Gasteiger partial charge in [-0.25, -0.2) is 0 Å². The highest BCUT2D eigenvalue weighted by Gasteiger charge is 2.19. The van der Waals surface area contributed by atoms with Gasteiger partial charge in [-0.05, 0) is 64.2 Å². The molecule has 0 aliphatic rings. The topological polar surface area (TPSA) is 78.9 Å². The second-order valence-corrected chi connectivity index (χ2v) is 16.1. The smallest absolute Gasteiger partial charge is 0.306 e. The van der Waals surface area contributed by atoms with E-state index >= 15 is 0 Å². The van der Waals surface area contributed by atoms with Crippen molar-refractivity contribution in [2.24, 2.45) is 0 Å². The molecule has 0 spiro atoms. The highest BCUT2D eigenvalue weighted by molar-refractivity contribution is 5.71. The summed E-state index contributed by atoms with van der Waals surface area (Å²) in [4.78, 5) is 37.7. The molecule has 0 aliphatic carbocycles. The fourth-order valence-electron chi connectivity index (χ4n) is 6.68. The summed E-state index contributed by atoms with van der Waals surface area (Å²) < 4.78 is 16.7. The van der Waals surface area contributed by atoms with E-state index in [1.807, 2.05) is 0 Å². The van der Waals surface area contributed by atoms with Crippen molar-refractivity contribution < 1.29 is 28.6 Å². The zero-order valence-corrected chi connectivity index (χ0v) is 37.6. The Bertz CT molecular complexity index is 1010. The summed E-state index contributed by atoms with van der Waals surface area (Å²) in [5.41, 5.74) is 0. The van der Waals surface area contributed by atoms with E-state index in [0.717, 1.165) is 70.6 Å². The molecular weight excluding hydrogens is 709 g/mol. The lowest BCUT2D eigenvalue weighted by atomic mass is 10.0. The number of unbranched alkanes of at least 4 members (excludes halogenated alkanes) is 26. The average Bonchev–Trinajstić information content (AvgIpc) is 3.21. The maximum atomic E-state index is 12.7. The van der Waals surface area contributed by atoms with Crippen molar-refractivity contribution in [2.75, 3.05) is 13.2 Å². The number of ether oxygens (including phenoxy) is 3. The molecule has 6 nitrogen and oxygen atoms in total. The number of rotatable bonds is 43. The maximum absolute atomic E-state index is 12.7. The van der Waals surface area contributed by atoms with Crippen molar-refractivity contribution in [1.29, 1.82) is 0 Å². The minimum absolute atomic E-state index is 0.0906. The van der Waals surface area contributed by atoms with Gasteiger partial charge < -0.3 is 14.2 Å². The minimum Gasteiger partial charge on any atom is -0.462 e. The van der Waals surface area contributed by atoms with Crippen LogP contribution in [-0.2, 0) is 28.6 Å². The second kappa shape index (κ2) is 46.1. The number of carbonyl (C=O) groups excluding carboxylic acids is 3. The third-order valence-electron chi connectivity index (χ3n) is 10.4. The fourth-order valence-corrected chi connectivity index (χ4v) is 6.68. The van der Waals surface area contributed by atoms with E-state index in [0.29, 0.717) is 25.7 Å². The lowest BCUT2D eigenvalue weighted by Crippen LogP contribution is -2.30. The Morgan fingerprint density at radius 1 is 0.351 bits per heavy atom. The van der Waals surface area contributed by atoms with Crippen molar-refractivity contribution in [3.05, 3.63) is 48.6 Å². The minimum atomic E-state index is -0.787. The molecule has 0 amide bonds. The third-order valence-corrected chi connectivity index (χ3v) is 10.4. The Morgan fingerprint density at radius 3 is 1.11 bits per heavy atom. The molecule has 0 radical (unpaired) electrons. The normalized spacial score (nSPS) is 12.4. The summed E-state index contributed by atoms with van der Waals surface area (Å²) >= 11 is 0. The van der Waals surface area contributed by atoms with Crippen LogP contribution in [0.15, 0.2) is 48.6 Å². The molecule has 57 heavy (non-hydrogen) atoms. The fraction of sp³-hybridized carbons (Fsp3) is 0.784. The summed E-state index contributed by atoms with van der Waals surface area (Å²) in [6.07, 6.45) is 53.8. The lowest BCUT2D eigenvalue weighted by Gasteiger charge is -2.18. The van der Waals surface area contributed by atoms with Gasteiger partial charge in [-0.1, -0.05) is 204 Å². The highest BCUT2D eigenvalue weighted by atomic mass is 16.6. The predicted molar refractivity (Wildman–Crippen MR) is 242 cm³/mol. The van der Waals surface area contributed by atoms with Crippen molar-refractivity contribution >= 4 is 17.9 Å². The molecule has 0 aliphatic heterocycles.